The second-order valence-electron chi connectivity index (χ2n) is 4.54. The third-order valence-electron chi connectivity index (χ3n) is 3.11. The first kappa shape index (κ1) is 16.3. The first-order valence-electron chi connectivity index (χ1n) is 6.33. The number of nitrogens with one attached hydrogen (secondary N) is 1. The van der Waals surface area contributed by atoms with Crippen molar-refractivity contribution in [3.8, 4) is 0 Å². The fourth-order valence-electron chi connectivity index (χ4n) is 1.89. The number of carbonyl (C=O) groups is 2. The number of carbonyl (C=O) groups excluding carboxylic acids is 2. The highest BCUT2D eigenvalue weighted by Gasteiger charge is 2.20. The third kappa shape index (κ3) is 4.43. The molecule has 0 spiro atoms. The fourth-order valence-corrected chi connectivity index (χ4v) is 3.24. The van der Waals surface area contributed by atoms with Crippen LogP contribution in [0.15, 0.2) is 18.2 Å². The molecule has 2 rings (SSSR count). The molecule has 0 saturated carbocycles. The van der Waals surface area contributed by atoms with Crippen LogP contribution in [-0.2, 0) is 15.6 Å². The molecule has 2 amide bonds. The molecule has 0 atom stereocenters. The van der Waals surface area contributed by atoms with Crippen molar-refractivity contribution in [3.63, 3.8) is 0 Å². The fraction of sp³-hybridized carbons (Fsp3) is 0.385. The molecule has 0 bridgehead atoms. The van der Waals surface area contributed by atoms with Crippen LogP contribution < -0.4 is 5.32 Å². The summed E-state index contributed by atoms with van der Waals surface area (Å²) in [5.41, 5.74) is 0.344. The van der Waals surface area contributed by atoms with Crippen molar-refractivity contribution in [2.24, 2.45) is 0 Å². The SMILES string of the molecule is O=C(NCC(=O)N1CCS(=O)CC1)c1ccc(Cl)c(Cl)c1. The van der Waals surface area contributed by atoms with Gasteiger partial charge >= 0.3 is 0 Å². The molecule has 5 nitrogen and oxygen atoms in total. The minimum absolute atomic E-state index is 0.0916. The highest BCUT2D eigenvalue weighted by atomic mass is 35.5. The van der Waals surface area contributed by atoms with Crippen LogP contribution in [0, 0.1) is 0 Å². The molecular weight excluding hydrogens is 335 g/mol. The Labute approximate surface area is 135 Å². The lowest BCUT2D eigenvalue weighted by Gasteiger charge is -2.26. The van der Waals surface area contributed by atoms with Gasteiger partial charge in [-0.05, 0) is 18.2 Å². The monoisotopic (exact) mass is 348 g/mol. The van der Waals surface area contributed by atoms with Gasteiger partial charge in [-0.15, -0.1) is 0 Å². The Hall–Kier alpha value is -1.11. The maximum Gasteiger partial charge on any atom is 0.251 e. The molecule has 21 heavy (non-hydrogen) atoms. The molecule has 1 aromatic rings. The molecule has 0 aromatic heterocycles. The van der Waals surface area contributed by atoms with Gasteiger partial charge in [-0.25, -0.2) is 0 Å². The predicted octanol–water partition coefficient (Wildman–Crippen LogP) is 1.31. The van der Waals surface area contributed by atoms with E-state index in [1.807, 2.05) is 0 Å². The molecular formula is C13H14Cl2N2O3S. The summed E-state index contributed by atoms with van der Waals surface area (Å²) < 4.78 is 11.2. The zero-order chi connectivity index (χ0) is 15.4. The van der Waals surface area contributed by atoms with Gasteiger partial charge in [0.1, 0.15) is 0 Å². The van der Waals surface area contributed by atoms with Crippen LogP contribution in [0.5, 0.6) is 0 Å². The maximum atomic E-state index is 11.9. The third-order valence-corrected chi connectivity index (χ3v) is 5.13. The Morgan fingerprint density at radius 2 is 1.86 bits per heavy atom. The number of hydrogen-bond acceptors (Lipinski definition) is 3. The van der Waals surface area contributed by atoms with E-state index in [2.05, 4.69) is 5.32 Å². The van der Waals surface area contributed by atoms with E-state index in [-0.39, 0.29) is 23.4 Å². The molecule has 1 fully saturated rings. The summed E-state index contributed by atoms with van der Waals surface area (Å²) >= 11 is 11.6. The van der Waals surface area contributed by atoms with Crippen molar-refractivity contribution >= 4 is 45.8 Å². The predicted molar refractivity (Wildman–Crippen MR) is 83.3 cm³/mol. The zero-order valence-corrected chi connectivity index (χ0v) is 13.4. The normalized spacial score (nSPS) is 15.8. The Kier molecular flexibility index (Phi) is 5.61. The topological polar surface area (TPSA) is 66.5 Å². The number of halogens is 2. The number of amides is 2. The lowest BCUT2D eigenvalue weighted by atomic mass is 10.2. The average molecular weight is 349 g/mol. The molecule has 114 valence electrons. The van der Waals surface area contributed by atoms with Crippen molar-refractivity contribution < 1.29 is 13.8 Å². The summed E-state index contributed by atoms with van der Waals surface area (Å²) in [6, 6.07) is 4.52. The lowest BCUT2D eigenvalue weighted by Crippen LogP contribution is -2.46. The Morgan fingerprint density at radius 3 is 2.48 bits per heavy atom. The Balaban J connectivity index is 1.87. The Morgan fingerprint density at radius 1 is 1.19 bits per heavy atom. The Bertz CT molecular complexity index is 585. The van der Waals surface area contributed by atoms with Gasteiger partial charge in [0, 0.05) is 41.0 Å². The van der Waals surface area contributed by atoms with Crippen molar-refractivity contribution in [2.45, 2.75) is 0 Å². The van der Waals surface area contributed by atoms with Crippen LogP contribution in [0.1, 0.15) is 10.4 Å². The van der Waals surface area contributed by atoms with Gasteiger partial charge in [0.2, 0.25) is 5.91 Å². The van der Waals surface area contributed by atoms with Gasteiger partial charge in [0.25, 0.3) is 5.91 Å². The standard InChI is InChI=1S/C13H14Cl2N2O3S/c14-10-2-1-9(7-11(10)15)13(19)16-8-12(18)17-3-5-21(20)6-4-17/h1-2,7H,3-6,8H2,(H,16,19). The van der Waals surface area contributed by atoms with Crippen LogP contribution in [0.4, 0.5) is 0 Å². The number of benzene rings is 1. The quantitative estimate of drug-likeness (QED) is 0.895. The number of rotatable bonds is 3. The van der Waals surface area contributed by atoms with Crippen LogP contribution in [0.3, 0.4) is 0 Å². The van der Waals surface area contributed by atoms with E-state index < -0.39 is 10.8 Å². The molecule has 1 aliphatic heterocycles. The van der Waals surface area contributed by atoms with E-state index >= 15 is 0 Å². The number of nitrogens with zero attached hydrogens (tertiary/aromatic N) is 1. The molecule has 1 N–H and O–H groups in total. The minimum Gasteiger partial charge on any atom is -0.343 e. The van der Waals surface area contributed by atoms with Crippen molar-refractivity contribution in [3.05, 3.63) is 33.8 Å². The zero-order valence-electron chi connectivity index (χ0n) is 11.1. The second kappa shape index (κ2) is 7.24. The van der Waals surface area contributed by atoms with Crippen molar-refractivity contribution in [2.75, 3.05) is 31.1 Å². The molecule has 1 saturated heterocycles. The van der Waals surface area contributed by atoms with E-state index in [0.29, 0.717) is 35.2 Å². The van der Waals surface area contributed by atoms with Crippen LogP contribution in [-0.4, -0.2) is 52.1 Å². The van der Waals surface area contributed by atoms with Crippen LogP contribution >= 0.6 is 23.2 Å². The van der Waals surface area contributed by atoms with Gasteiger partial charge in [0.15, 0.2) is 0 Å². The summed E-state index contributed by atoms with van der Waals surface area (Å²) in [5, 5.41) is 3.20. The molecule has 1 aromatic carbocycles. The highest BCUT2D eigenvalue weighted by Crippen LogP contribution is 2.22. The molecule has 0 unspecified atom stereocenters. The van der Waals surface area contributed by atoms with Gasteiger partial charge in [-0.3, -0.25) is 13.8 Å². The van der Waals surface area contributed by atoms with Crippen molar-refractivity contribution in [1.29, 1.82) is 0 Å². The highest BCUT2D eigenvalue weighted by molar-refractivity contribution is 7.85. The van der Waals surface area contributed by atoms with Crippen LogP contribution in [0.2, 0.25) is 10.0 Å². The van der Waals surface area contributed by atoms with Gasteiger partial charge in [-0.1, -0.05) is 23.2 Å². The lowest BCUT2D eigenvalue weighted by molar-refractivity contribution is -0.129. The maximum absolute atomic E-state index is 11.9. The largest absolute Gasteiger partial charge is 0.343 e. The van der Waals surface area contributed by atoms with Gasteiger partial charge in [-0.2, -0.15) is 0 Å². The van der Waals surface area contributed by atoms with Gasteiger partial charge < -0.3 is 10.2 Å². The van der Waals surface area contributed by atoms with E-state index in [4.69, 9.17) is 23.2 Å². The minimum atomic E-state index is -0.833. The molecule has 1 heterocycles. The summed E-state index contributed by atoms with van der Waals surface area (Å²) in [6.45, 7) is 0.841. The first-order chi connectivity index (χ1) is 9.97. The summed E-state index contributed by atoms with van der Waals surface area (Å²) in [7, 11) is -0.833. The number of hydrogen-bond donors (Lipinski definition) is 1. The second-order valence-corrected chi connectivity index (χ2v) is 7.05. The molecule has 0 radical (unpaired) electrons. The van der Waals surface area contributed by atoms with E-state index in [9.17, 15) is 13.8 Å². The van der Waals surface area contributed by atoms with Crippen LogP contribution in [0.25, 0.3) is 0 Å². The molecule has 0 aliphatic carbocycles. The van der Waals surface area contributed by atoms with Gasteiger partial charge in [0.05, 0.1) is 16.6 Å². The van der Waals surface area contributed by atoms with Crippen molar-refractivity contribution in [1.82, 2.24) is 10.2 Å². The molecule has 1 aliphatic rings. The summed E-state index contributed by atoms with van der Waals surface area (Å²) in [4.78, 5) is 25.4. The van der Waals surface area contributed by atoms with E-state index in [0.717, 1.165) is 0 Å². The first-order valence-corrected chi connectivity index (χ1v) is 8.58. The average Bonchev–Trinajstić information content (AvgIpc) is 2.48. The molecule has 8 heteroatoms. The van der Waals surface area contributed by atoms with E-state index in [1.165, 1.54) is 18.2 Å². The van der Waals surface area contributed by atoms with E-state index in [1.54, 1.807) is 4.90 Å². The summed E-state index contributed by atoms with van der Waals surface area (Å²) in [6.07, 6.45) is 0. The smallest absolute Gasteiger partial charge is 0.251 e. The summed E-state index contributed by atoms with van der Waals surface area (Å²) in [5.74, 6) is 0.418.